The molecule has 0 spiro atoms. The number of fused-ring (bicyclic) bond motifs is 1. The van der Waals surface area contributed by atoms with E-state index in [0.29, 0.717) is 0 Å². The van der Waals surface area contributed by atoms with Crippen molar-refractivity contribution in [1.29, 1.82) is 0 Å². The third kappa shape index (κ3) is 2.86. The molecule has 1 atom stereocenters. The Morgan fingerprint density at radius 2 is 2.35 bits per heavy atom. The van der Waals surface area contributed by atoms with E-state index in [4.69, 9.17) is 4.98 Å². The van der Waals surface area contributed by atoms with Gasteiger partial charge in [0.2, 0.25) is 0 Å². The van der Waals surface area contributed by atoms with Crippen molar-refractivity contribution in [3.05, 3.63) is 23.8 Å². The maximum Gasteiger partial charge on any atom is 0.168 e. The lowest BCUT2D eigenvalue weighted by atomic mass is 10.0. The Hall–Kier alpha value is -1.00. The monoisotopic (exact) mass is 289 g/mol. The first-order valence-electron chi connectivity index (χ1n) is 7.56. The van der Waals surface area contributed by atoms with E-state index in [1.807, 2.05) is 11.8 Å². The van der Waals surface area contributed by atoms with Gasteiger partial charge in [0.1, 0.15) is 0 Å². The Morgan fingerprint density at radius 1 is 1.45 bits per heavy atom. The van der Waals surface area contributed by atoms with Crippen molar-refractivity contribution in [2.45, 2.75) is 31.3 Å². The highest BCUT2D eigenvalue weighted by Crippen LogP contribution is 2.26. The highest BCUT2D eigenvalue weighted by Gasteiger charge is 2.15. The summed E-state index contributed by atoms with van der Waals surface area (Å²) in [5.74, 6) is 1.96. The molecule has 1 aromatic heterocycles. The Labute approximate surface area is 125 Å². The number of imidazole rings is 1. The van der Waals surface area contributed by atoms with Crippen LogP contribution in [-0.4, -0.2) is 28.4 Å². The quantitative estimate of drug-likeness (QED) is 0.876. The lowest BCUT2D eigenvalue weighted by Gasteiger charge is -2.21. The summed E-state index contributed by atoms with van der Waals surface area (Å²) < 4.78 is 2.23. The summed E-state index contributed by atoms with van der Waals surface area (Å²) in [5.41, 5.74) is 3.74. The van der Waals surface area contributed by atoms with Crippen LogP contribution in [0, 0.1) is 5.92 Å². The van der Waals surface area contributed by atoms with Gasteiger partial charge in [0.05, 0.1) is 11.0 Å². The average molecular weight is 289 g/mol. The number of aromatic nitrogens is 2. The van der Waals surface area contributed by atoms with Crippen molar-refractivity contribution in [1.82, 2.24) is 14.9 Å². The second-order valence-corrected chi connectivity index (χ2v) is 6.64. The van der Waals surface area contributed by atoms with Crippen LogP contribution < -0.4 is 5.32 Å². The molecule has 0 saturated carbocycles. The first-order valence-corrected chi connectivity index (χ1v) is 8.55. The standard InChI is InChI=1S/C16H23N3S/c1-3-12-6-7-15-14(9-12)18-16(19(15)2)20-11-13-5-4-8-17-10-13/h6-7,9,13,17H,3-5,8,10-11H2,1-2H3. The van der Waals surface area contributed by atoms with Crippen LogP contribution in [0.25, 0.3) is 11.0 Å². The van der Waals surface area contributed by atoms with Gasteiger partial charge in [0, 0.05) is 12.8 Å². The lowest BCUT2D eigenvalue weighted by Crippen LogP contribution is -2.30. The smallest absolute Gasteiger partial charge is 0.168 e. The van der Waals surface area contributed by atoms with E-state index in [1.54, 1.807) is 0 Å². The molecule has 108 valence electrons. The molecular weight excluding hydrogens is 266 g/mol. The molecule has 0 bridgehead atoms. The van der Waals surface area contributed by atoms with Crippen molar-refractivity contribution in [3.8, 4) is 0 Å². The summed E-state index contributed by atoms with van der Waals surface area (Å²) in [6.45, 7) is 4.54. The van der Waals surface area contributed by atoms with Gasteiger partial charge in [0.15, 0.2) is 5.16 Å². The SMILES string of the molecule is CCc1ccc2c(c1)nc(SCC1CCCNC1)n2C. The van der Waals surface area contributed by atoms with Gasteiger partial charge in [-0.2, -0.15) is 0 Å². The largest absolute Gasteiger partial charge is 0.322 e. The molecule has 4 heteroatoms. The lowest BCUT2D eigenvalue weighted by molar-refractivity contribution is 0.410. The Balaban J connectivity index is 1.75. The second kappa shape index (κ2) is 6.19. The van der Waals surface area contributed by atoms with Gasteiger partial charge >= 0.3 is 0 Å². The number of rotatable bonds is 4. The van der Waals surface area contributed by atoms with Crippen LogP contribution in [0.1, 0.15) is 25.3 Å². The molecule has 3 nitrogen and oxygen atoms in total. The fourth-order valence-corrected chi connectivity index (χ4v) is 3.96. The van der Waals surface area contributed by atoms with Crippen molar-refractivity contribution < 1.29 is 0 Å². The molecule has 1 saturated heterocycles. The van der Waals surface area contributed by atoms with Gasteiger partial charge in [0.25, 0.3) is 0 Å². The number of thioether (sulfide) groups is 1. The fourth-order valence-electron chi connectivity index (χ4n) is 2.83. The number of aryl methyl sites for hydroxylation is 2. The summed E-state index contributed by atoms with van der Waals surface area (Å²) in [7, 11) is 2.13. The van der Waals surface area contributed by atoms with Crippen LogP contribution in [0.5, 0.6) is 0 Å². The fraction of sp³-hybridized carbons (Fsp3) is 0.562. The summed E-state index contributed by atoms with van der Waals surface area (Å²) >= 11 is 1.90. The van der Waals surface area contributed by atoms with Crippen molar-refractivity contribution >= 4 is 22.8 Å². The number of hydrogen-bond acceptors (Lipinski definition) is 3. The highest BCUT2D eigenvalue weighted by molar-refractivity contribution is 7.99. The van der Waals surface area contributed by atoms with E-state index >= 15 is 0 Å². The first-order chi connectivity index (χ1) is 9.78. The number of hydrogen-bond donors (Lipinski definition) is 1. The third-order valence-corrected chi connectivity index (χ3v) is 5.42. The molecule has 3 rings (SSSR count). The molecule has 2 heterocycles. The molecule has 0 amide bonds. The van der Waals surface area contributed by atoms with Crippen molar-refractivity contribution in [2.75, 3.05) is 18.8 Å². The minimum Gasteiger partial charge on any atom is -0.322 e. The maximum absolute atomic E-state index is 4.81. The van der Waals surface area contributed by atoms with Gasteiger partial charge in [-0.1, -0.05) is 24.8 Å². The Kier molecular flexibility index (Phi) is 4.32. The Morgan fingerprint density at radius 3 is 3.10 bits per heavy atom. The minimum atomic E-state index is 0.791. The third-order valence-electron chi connectivity index (χ3n) is 4.16. The topological polar surface area (TPSA) is 29.9 Å². The van der Waals surface area contributed by atoms with Crippen molar-refractivity contribution in [2.24, 2.45) is 13.0 Å². The van der Waals surface area contributed by atoms with E-state index in [-0.39, 0.29) is 0 Å². The first kappa shape index (κ1) is 14.0. The van der Waals surface area contributed by atoms with Gasteiger partial charge in [-0.3, -0.25) is 0 Å². The number of piperidine rings is 1. The Bertz CT molecular complexity index is 585. The molecule has 0 radical (unpaired) electrons. The van der Waals surface area contributed by atoms with E-state index in [0.717, 1.165) is 29.6 Å². The minimum absolute atomic E-state index is 0.791. The van der Waals surface area contributed by atoms with Crippen LogP contribution in [0.15, 0.2) is 23.4 Å². The van der Waals surface area contributed by atoms with Gasteiger partial charge in [-0.15, -0.1) is 0 Å². The molecule has 2 aromatic rings. The van der Waals surface area contributed by atoms with Gasteiger partial charge in [-0.25, -0.2) is 4.98 Å². The average Bonchev–Trinajstić information content (AvgIpc) is 2.82. The zero-order chi connectivity index (χ0) is 13.9. The molecule has 1 aliphatic rings. The number of nitrogens with zero attached hydrogens (tertiary/aromatic N) is 2. The zero-order valence-corrected chi connectivity index (χ0v) is 13.2. The van der Waals surface area contributed by atoms with E-state index in [2.05, 4.69) is 42.1 Å². The highest BCUT2D eigenvalue weighted by atomic mass is 32.2. The zero-order valence-electron chi connectivity index (χ0n) is 12.4. The molecule has 1 N–H and O–H groups in total. The molecule has 1 aliphatic heterocycles. The predicted molar refractivity (Wildman–Crippen MR) is 86.4 cm³/mol. The molecule has 1 unspecified atom stereocenters. The second-order valence-electron chi connectivity index (χ2n) is 5.65. The summed E-state index contributed by atoms with van der Waals surface area (Å²) in [6, 6.07) is 6.64. The normalized spacial score (nSPS) is 19.6. The molecule has 1 fully saturated rings. The van der Waals surface area contributed by atoms with Crippen LogP contribution >= 0.6 is 11.8 Å². The van der Waals surface area contributed by atoms with Crippen LogP contribution in [0.3, 0.4) is 0 Å². The molecular formula is C16H23N3S. The van der Waals surface area contributed by atoms with Crippen LogP contribution in [0.4, 0.5) is 0 Å². The van der Waals surface area contributed by atoms with Crippen LogP contribution in [0.2, 0.25) is 0 Å². The summed E-state index contributed by atoms with van der Waals surface area (Å²) in [6.07, 6.45) is 3.74. The number of benzene rings is 1. The molecule has 20 heavy (non-hydrogen) atoms. The predicted octanol–water partition coefficient (Wildman–Crippen LogP) is 3.23. The maximum atomic E-state index is 4.81. The van der Waals surface area contributed by atoms with Gasteiger partial charge in [-0.05, 0) is 56.0 Å². The van der Waals surface area contributed by atoms with Crippen LogP contribution in [-0.2, 0) is 13.5 Å². The summed E-state index contributed by atoms with van der Waals surface area (Å²) in [5, 5.41) is 4.64. The van der Waals surface area contributed by atoms with Crippen molar-refractivity contribution in [3.63, 3.8) is 0 Å². The van der Waals surface area contributed by atoms with E-state index in [1.165, 1.54) is 36.2 Å². The summed E-state index contributed by atoms with van der Waals surface area (Å²) in [4.78, 5) is 4.81. The van der Waals surface area contributed by atoms with Gasteiger partial charge < -0.3 is 9.88 Å². The number of nitrogens with one attached hydrogen (secondary N) is 1. The molecule has 0 aliphatic carbocycles. The molecule has 1 aromatic carbocycles. The van der Waals surface area contributed by atoms with E-state index in [9.17, 15) is 0 Å². The van der Waals surface area contributed by atoms with E-state index < -0.39 is 0 Å².